The van der Waals surface area contributed by atoms with Crippen molar-refractivity contribution in [1.82, 2.24) is 15.0 Å². The average Bonchev–Trinajstić information content (AvgIpc) is 3.30. The van der Waals surface area contributed by atoms with Crippen molar-refractivity contribution in [2.24, 2.45) is 5.41 Å². The number of aliphatic carboxylic acids is 1. The SMILES string of the molecule is COCC1(C)CC(c2nc(-c3cccc(CN(C)CC(=O)O)c3)no2)=CC=C1c1ccccc1. The van der Waals surface area contributed by atoms with Crippen LogP contribution in [0.15, 0.2) is 71.3 Å². The molecule has 176 valence electrons. The molecular weight excluding hydrogens is 430 g/mol. The number of carboxylic acids is 1. The van der Waals surface area contributed by atoms with Crippen molar-refractivity contribution in [3.8, 4) is 11.4 Å². The monoisotopic (exact) mass is 459 g/mol. The number of ether oxygens (including phenoxy) is 1. The summed E-state index contributed by atoms with van der Waals surface area (Å²) in [6, 6.07) is 18.1. The van der Waals surface area contributed by atoms with Crippen LogP contribution in [-0.4, -0.2) is 53.4 Å². The molecule has 0 radical (unpaired) electrons. The van der Waals surface area contributed by atoms with Crippen LogP contribution in [0.1, 0.15) is 30.4 Å². The molecule has 1 aliphatic rings. The molecule has 1 unspecified atom stereocenters. The maximum Gasteiger partial charge on any atom is 0.317 e. The third-order valence-electron chi connectivity index (χ3n) is 5.97. The summed E-state index contributed by atoms with van der Waals surface area (Å²) in [5, 5.41) is 13.2. The van der Waals surface area contributed by atoms with E-state index in [0.717, 1.165) is 16.7 Å². The van der Waals surface area contributed by atoms with Crippen LogP contribution in [0, 0.1) is 5.41 Å². The summed E-state index contributed by atoms with van der Waals surface area (Å²) >= 11 is 0. The molecule has 0 saturated heterocycles. The van der Waals surface area contributed by atoms with Crippen molar-refractivity contribution < 1.29 is 19.2 Å². The minimum absolute atomic E-state index is 0.0243. The normalized spacial score (nSPS) is 18.0. The maximum atomic E-state index is 10.9. The van der Waals surface area contributed by atoms with Crippen LogP contribution in [0.2, 0.25) is 0 Å². The van der Waals surface area contributed by atoms with Gasteiger partial charge in [0.25, 0.3) is 5.89 Å². The quantitative estimate of drug-likeness (QED) is 0.493. The van der Waals surface area contributed by atoms with Gasteiger partial charge in [0.05, 0.1) is 13.2 Å². The molecule has 1 heterocycles. The predicted octanol–water partition coefficient (Wildman–Crippen LogP) is 4.78. The molecule has 7 heteroatoms. The molecule has 0 amide bonds. The fourth-order valence-corrected chi connectivity index (χ4v) is 4.49. The second-order valence-corrected chi connectivity index (χ2v) is 9.00. The molecule has 1 N–H and O–H groups in total. The van der Waals surface area contributed by atoms with E-state index in [9.17, 15) is 4.79 Å². The highest BCUT2D eigenvalue weighted by molar-refractivity contribution is 5.80. The van der Waals surface area contributed by atoms with Gasteiger partial charge in [-0.2, -0.15) is 4.98 Å². The number of carbonyl (C=O) groups is 1. The highest BCUT2D eigenvalue weighted by Crippen LogP contribution is 2.45. The molecule has 1 atom stereocenters. The number of likely N-dealkylation sites (N-methyl/N-ethyl adjacent to an activating group) is 1. The van der Waals surface area contributed by atoms with Gasteiger partial charge in [-0.25, -0.2) is 0 Å². The van der Waals surface area contributed by atoms with Crippen molar-refractivity contribution in [3.05, 3.63) is 83.8 Å². The number of nitrogens with zero attached hydrogens (tertiary/aromatic N) is 3. The molecule has 0 spiro atoms. The van der Waals surface area contributed by atoms with E-state index in [1.54, 1.807) is 19.1 Å². The van der Waals surface area contributed by atoms with Crippen LogP contribution in [0.4, 0.5) is 0 Å². The van der Waals surface area contributed by atoms with Gasteiger partial charge in [0.2, 0.25) is 5.82 Å². The first-order valence-electron chi connectivity index (χ1n) is 11.2. The summed E-state index contributed by atoms with van der Waals surface area (Å²) in [6.07, 6.45) is 4.88. The first-order valence-corrected chi connectivity index (χ1v) is 11.2. The van der Waals surface area contributed by atoms with Crippen LogP contribution in [0.3, 0.4) is 0 Å². The van der Waals surface area contributed by atoms with Crippen molar-refractivity contribution in [2.45, 2.75) is 19.9 Å². The van der Waals surface area contributed by atoms with Crippen molar-refractivity contribution >= 4 is 17.1 Å². The summed E-state index contributed by atoms with van der Waals surface area (Å²) in [4.78, 5) is 17.3. The van der Waals surface area contributed by atoms with Crippen LogP contribution in [-0.2, 0) is 16.1 Å². The molecular formula is C27H29N3O4. The van der Waals surface area contributed by atoms with E-state index in [0.29, 0.717) is 31.3 Å². The number of rotatable bonds is 9. The van der Waals surface area contributed by atoms with E-state index in [1.165, 1.54) is 11.1 Å². The lowest BCUT2D eigenvalue weighted by atomic mass is 9.71. The standard InChI is InChI=1S/C27H29N3O4/c1-27(18-33-3)15-22(12-13-23(27)20-9-5-4-6-10-20)26-28-25(29-34-26)21-11-7-8-19(14-21)16-30(2)17-24(31)32/h4-14H,15-18H2,1-3H3,(H,31,32). The van der Waals surface area contributed by atoms with Crippen molar-refractivity contribution in [1.29, 1.82) is 0 Å². The van der Waals surface area contributed by atoms with E-state index in [-0.39, 0.29) is 12.0 Å². The number of hydrogen-bond acceptors (Lipinski definition) is 6. The minimum atomic E-state index is -0.854. The summed E-state index contributed by atoms with van der Waals surface area (Å²) in [5.41, 5.74) is 4.93. The summed E-state index contributed by atoms with van der Waals surface area (Å²) in [6.45, 7) is 3.25. The van der Waals surface area contributed by atoms with Gasteiger partial charge >= 0.3 is 5.97 Å². The van der Waals surface area contributed by atoms with Gasteiger partial charge in [0.1, 0.15) is 0 Å². The second-order valence-electron chi connectivity index (χ2n) is 9.00. The average molecular weight is 460 g/mol. The molecule has 4 rings (SSSR count). The van der Waals surface area contributed by atoms with Gasteiger partial charge < -0.3 is 14.4 Å². The Bertz CT molecular complexity index is 1220. The van der Waals surface area contributed by atoms with Crippen molar-refractivity contribution in [3.63, 3.8) is 0 Å². The lowest BCUT2D eigenvalue weighted by Crippen LogP contribution is -2.27. The number of hydrogen-bond donors (Lipinski definition) is 1. The van der Waals surface area contributed by atoms with Crippen LogP contribution < -0.4 is 0 Å². The zero-order valence-corrected chi connectivity index (χ0v) is 19.7. The number of benzene rings is 2. The van der Waals surface area contributed by atoms with E-state index >= 15 is 0 Å². The topological polar surface area (TPSA) is 88.7 Å². The highest BCUT2D eigenvalue weighted by Gasteiger charge is 2.35. The van der Waals surface area contributed by atoms with Gasteiger partial charge in [0, 0.05) is 30.2 Å². The molecule has 7 nitrogen and oxygen atoms in total. The third-order valence-corrected chi connectivity index (χ3v) is 5.97. The van der Waals surface area contributed by atoms with Gasteiger partial charge in [-0.05, 0) is 36.2 Å². The Labute approximate surface area is 199 Å². The Morgan fingerprint density at radius 3 is 2.65 bits per heavy atom. The Balaban J connectivity index is 1.59. The molecule has 34 heavy (non-hydrogen) atoms. The number of methoxy groups -OCH3 is 1. The molecule has 1 aliphatic carbocycles. The molecule has 2 aromatic carbocycles. The molecule has 0 fully saturated rings. The molecule has 0 bridgehead atoms. The summed E-state index contributed by atoms with van der Waals surface area (Å²) in [7, 11) is 3.49. The van der Waals surface area contributed by atoms with Crippen LogP contribution >= 0.6 is 0 Å². The first-order chi connectivity index (χ1) is 16.4. The lowest BCUT2D eigenvalue weighted by molar-refractivity contribution is -0.138. The predicted molar refractivity (Wildman–Crippen MR) is 131 cm³/mol. The zero-order chi connectivity index (χ0) is 24.1. The Morgan fingerprint density at radius 1 is 1.15 bits per heavy atom. The maximum absolute atomic E-state index is 10.9. The zero-order valence-electron chi connectivity index (χ0n) is 19.7. The van der Waals surface area contributed by atoms with Crippen molar-refractivity contribution in [2.75, 3.05) is 27.3 Å². The molecule has 0 aliphatic heterocycles. The van der Waals surface area contributed by atoms with E-state index in [1.807, 2.05) is 48.5 Å². The summed E-state index contributed by atoms with van der Waals surface area (Å²) in [5.74, 6) is 0.145. The number of carboxylic acid groups (broad SMARTS) is 1. The smallest absolute Gasteiger partial charge is 0.317 e. The Hall–Kier alpha value is -3.55. The highest BCUT2D eigenvalue weighted by atomic mass is 16.5. The molecule has 3 aromatic rings. The largest absolute Gasteiger partial charge is 0.480 e. The van der Waals surface area contributed by atoms with Crippen LogP contribution in [0.25, 0.3) is 22.5 Å². The van der Waals surface area contributed by atoms with E-state index in [2.05, 4.69) is 35.3 Å². The van der Waals surface area contributed by atoms with E-state index in [4.69, 9.17) is 14.4 Å². The van der Waals surface area contributed by atoms with Crippen LogP contribution in [0.5, 0.6) is 0 Å². The van der Waals surface area contributed by atoms with Gasteiger partial charge in [-0.15, -0.1) is 0 Å². The minimum Gasteiger partial charge on any atom is -0.480 e. The third kappa shape index (κ3) is 5.32. The number of aromatic nitrogens is 2. The fraction of sp³-hybridized carbons (Fsp3) is 0.296. The molecule has 1 aromatic heterocycles. The Morgan fingerprint density at radius 2 is 1.91 bits per heavy atom. The van der Waals surface area contributed by atoms with E-state index < -0.39 is 5.97 Å². The van der Waals surface area contributed by atoms with Gasteiger partial charge in [0.15, 0.2) is 0 Å². The van der Waals surface area contributed by atoms with Gasteiger partial charge in [-0.1, -0.05) is 72.8 Å². The number of allylic oxidation sites excluding steroid dienone is 3. The lowest BCUT2D eigenvalue weighted by Gasteiger charge is -2.34. The first kappa shape index (κ1) is 23.6. The summed E-state index contributed by atoms with van der Waals surface area (Å²) < 4.78 is 11.2. The fourth-order valence-electron chi connectivity index (χ4n) is 4.49. The second kappa shape index (κ2) is 10.2. The molecule has 0 saturated carbocycles. The van der Waals surface area contributed by atoms with Gasteiger partial charge in [-0.3, -0.25) is 9.69 Å². The Kier molecular flexibility index (Phi) is 7.05.